The molecule has 0 N–H and O–H groups in total. The largest absolute Gasteiger partial charge is 0.547 e. The Morgan fingerprint density at radius 1 is 1.57 bits per heavy atom. The van der Waals surface area contributed by atoms with Crippen molar-refractivity contribution in [2.45, 2.75) is 26.1 Å². The van der Waals surface area contributed by atoms with Crippen LogP contribution in [0.15, 0.2) is 36.4 Å². The maximum Gasteiger partial charge on any atom is 0.241 e. The third-order valence-corrected chi connectivity index (χ3v) is 2.78. The number of hydrogen-bond donors (Lipinski definition) is 0. The standard InChI is InChI=1S/C11H17FOSi/c1-9(13-14(2,3)4)10-5-7-11(12)8-6-10/h5,7-8,10H,1,6H2,2-4H3. The molecule has 0 amide bonds. The second-order valence-electron chi connectivity index (χ2n) is 4.47. The first-order valence-corrected chi connectivity index (χ1v) is 8.21. The van der Waals surface area contributed by atoms with Gasteiger partial charge in [-0.15, -0.1) is 0 Å². The van der Waals surface area contributed by atoms with Gasteiger partial charge in [0.2, 0.25) is 8.32 Å². The van der Waals surface area contributed by atoms with Gasteiger partial charge in [-0.3, -0.25) is 0 Å². The molecule has 0 radical (unpaired) electrons. The van der Waals surface area contributed by atoms with Gasteiger partial charge in [0.15, 0.2) is 0 Å². The molecule has 0 bridgehead atoms. The molecule has 1 unspecified atom stereocenters. The molecule has 0 saturated heterocycles. The highest BCUT2D eigenvalue weighted by molar-refractivity contribution is 6.70. The zero-order valence-electron chi connectivity index (χ0n) is 9.01. The van der Waals surface area contributed by atoms with Crippen molar-refractivity contribution in [3.05, 3.63) is 36.4 Å². The Bertz CT molecular complexity index is 286. The highest BCUT2D eigenvalue weighted by Crippen LogP contribution is 2.25. The molecule has 1 nitrogen and oxygen atoms in total. The number of hydrogen-bond acceptors (Lipinski definition) is 1. The molecule has 0 fully saturated rings. The Balaban J connectivity index is 2.53. The van der Waals surface area contributed by atoms with Crippen LogP contribution >= 0.6 is 0 Å². The van der Waals surface area contributed by atoms with Crippen LogP contribution in [0.25, 0.3) is 0 Å². The summed E-state index contributed by atoms with van der Waals surface area (Å²) in [6, 6.07) is 0. The fraction of sp³-hybridized carbons (Fsp3) is 0.455. The summed E-state index contributed by atoms with van der Waals surface area (Å²) in [4.78, 5) is 0. The van der Waals surface area contributed by atoms with E-state index in [0.717, 1.165) is 5.76 Å². The van der Waals surface area contributed by atoms with E-state index in [1.807, 2.05) is 6.08 Å². The molecule has 3 heteroatoms. The normalized spacial score (nSPS) is 21.7. The fourth-order valence-electron chi connectivity index (χ4n) is 1.30. The van der Waals surface area contributed by atoms with Gasteiger partial charge in [-0.05, 0) is 38.2 Å². The van der Waals surface area contributed by atoms with E-state index >= 15 is 0 Å². The van der Waals surface area contributed by atoms with Gasteiger partial charge in [-0.25, -0.2) is 4.39 Å². The Labute approximate surface area is 86.1 Å². The lowest BCUT2D eigenvalue weighted by Crippen LogP contribution is -2.26. The first-order chi connectivity index (χ1) is 6.38. The summed E-state index contributed by atoms with van der Waals surface area (Å²) in [5, 5.41) is 0. The van der Waals surface area contributed by atoms with E-state index in [-0.39, 0.29) is 11.7 Å². The Hall–Kier alpha value is -0.833. The van der Waals surface area contributed by atoms with Crippen LogP contribution in [0.5, 0.6) is 0 Å². The van der Waals surface area contributed by atoms with Crippen LogP contribution < -0.4 is 0 Å². The molecule has 1 atom stereocenters. The van der Waals surface area contributed by atoms with Crippen molar-refractivity contribution in [2.75, 3.05) is 0 Å². The number of rotatable bonds is 3. The Morgan fingerprint density at radius 2 is 2.21 bits per heavy atom. The van der Waals surface area contributed by atoms with Crippen molar-refractivity contribution >= 4 is 8.32 Å². The predicted octanol–water partition coefficient (Wildman–Crippen LogP) is 3.78. The third-order valence-electron chi connectivity index (χ3n) is 1.91. The smallest absolute Gasteiger partial charge is 0.241 e. The molecule has 78 valence electrons. The Kier molecular flexibility index (Phi) is 3.32. The van der Waals surface area contributed by atoms with E-state index in [1.165, 1.54) is 6.08 Å². The van der Waals surface area contributed by atoms with Crippen LogP contribution in [0.1, 0.15) is 6.42 Å². The summed E-state index contributed by atoms with van der Waals surface area (Å²) in [7, 11) is -1.57. The van der Waals surface area contributed by atoms with Gasteiger partial charge in [0.1, 0.15) is 5.83 Å². The van der Waals surface area contributed by atoms with E-state index in [1.54, 1.807) is 6.08 Å². The maximum atomic E-state index is 12.7. The van der Waals surface area contributed by atoms with Gasteiger partial charge in [-0.2, -0.15) is 0 Å². The van der Waals surface area contributed by atoms with E-state index in [4.69, 9.17) is 4.43 Å². The first kappa shape index (κ1) is 11.2. The molecule has 0 saturated carbocycles. The minimum atomic E-state index is -1.57. The van der Waals surface area contributed by atoms with E-state index < -0.39 is 8.32 Å². The maximum absolute atomic E-state index is 12.7. The predicted molar refractivity (Wildman–Crippen MR) is 60.0 cm³/mol. The second-order valence-corrected chi connectivity index (χ2v) is 8.90. The minimum absolute atomic E-state index is 0.140. The van der Waals surface area contributed by atoms with Gasteiger partial charge < -0.3 is 4.43 Å². The lowest BCUT2D eigenvalue weighted by molar-refractivity contribution is 0.369. The quantitative estimate of drug-likeness (QED) is 0.511. The van der Waals surface area contributed by atoms with E-state index in [9.17, 15) is 4.39 Å². The second kappa shape index (κ2) is 4.13. The van der Waals surface area contributed by atoms with Crippen LogP contribution in [0.3, 0.4) is 0 Å². The van der Waals surface area contributed by atoms with Gasteiger partial charge in [0.25, 0.3) is 0 Å². The van der Waals surface area contributed by atoms with Crippen molar-refractivity contribution in [3.63, 3.8) is 0 Å². The van der Waals surface area contributed by atoms with Crippen LogP contribution in [0.2, 0.25) is 19.6 Å². The van der Waals surface area contributed by atoms with Gasteiger partial charge in [0.05, 0.1) is 5.76 Å². The van der Waals surface area contributed by atoms with Crippen LogP contribution in [-0.2, 0) is 4.43 Å². The van der Waals surface area contributed by atoms with Gasteiger partial charge in [-0.1, -0.05) is 12.7 Å². The van der Waals surface area contributed by atoms with Gasteiger partial charge in [0, 0.05) is 5.92 Å². The first-order valence-electron chi connectivity index (χ1n) is 4.80. The molecule has 0 aromatic heterocycles. The summed E-state index contributed by atoms with van der Waals surface area (Å²) >= 11 is 0. The van der Waals surface area contributed by atoms with Crippen molar-refractivity contribution < 1.29 is 8.82 Å². The molecule has 0 heterocycles. The molecule has 0 spiro atoms. The molecule has 1 rings (SSSR count). The lowest BCUT2D eigenvalue weighted by Gasteiger charge is -2.25. The highest BCUT2D eigenvalue weighted by atomic mass is 28.4. The minimum Gasteiger partial charge on any atom is -0.547 e. The zero-order chi connectivity index (χ0) is 10.8. The SMILES string of the molecule is C=C(O[Si](C)(C)C)C1C=CC(F)=CC1. The molecule has 14 heavy (non-hydrogen) atoms. The summed E-state index contributed by atoms with van der Waals surface area (Å²) in [6.45, 7) is 10.2. The summed E-state index contributed by atoms with van der Waals surface area (Å²) < 4.78 is 18.4. The number of halogens is 1. The molecular weight excluding hydrogens is 195 g/mol. The average molecular weight is 212 g/mol. The summed E-state index contributed by atoms with van der Waals surface area (Å²) in [6.07, 6.45) is 5.53. The molecule has 0 aliphatic heterocycles. The molecule has 1 aliphatic rings. The third kappa shape index (κ3) is 3.50. The highest BCUT2D eigenvalue weighted by Gasteiger charge is 2.21. The van der Waals surface area contributed by atoms with Crippen molar-refractivity contribution in [2.24, 2.45) is 5.92 Å². The summed E-state index contributed by atoms with van der Waals surface area (Å²) in [5.41, 5.74) is 0. The molecule has 0 aromatic carbocycles. The van der Waals surface area contributed by atoms with E-state index in [2.05, 4.69) is 26.2 Å². The van der Waals surface area contributed by atoms with E-state index in [0.29, 0.717) is 6.42 Å². The van der Waals surface area contributed by atoms with Crippen molar-refractivity contribution in [1.29, 1.82) is 0 Å². The lowest BCUT2D eigenvalue weighted by atomic mass is 9.99. The van der Waals surface area contributed by atoms with Crippen molar-refractivity contribution in [1.82, 2.24) is 0 Å². The average Bonchev–Trinajstić information content (AvgIpc) is 2.02. The molecule has 0 aromatic rings. The van der Waals surface area contributed by atoms with Gasteiger partial charge >= 0.3 is 0 Å². The fourth-order valence-corrected chi connectivity index (χ4v) is 2.24. The van der Waals surface area contributed by atoms with Crippen LogP contribution in [0, 0.1) is 5.92 Å². The summed E-state index contributed by atoms with van der Waals surface area (Å²) in [5.74, 6) is 0.743. The molecule has 1 aliphatic carbocycles. The topological polar surface area (TPSA) is 9.23 Å². The zero-order valence-corrected chi connectivity index (χ0v) is 10.0. The van der Waals surface area contributed by atoms with Crippen molar-refractivity contribution in [3.8, 4) is 0 Å². The van der Waals surface area contributed by atoms with Crippen LogP contribution in [0.4, 0.5) is 4.39 Å². The molecular formula is C11H17FOSi. The monoisotopic (exact) mass is 212 g/mol. The Morgan fingerprint density at radius 3 is 2.64 bits per heavy atom. The van der Waals surface area contributed by atoms with Crippen LogP contribution in [-0.4, -0.2) is 8.32 Å². The number of allylic oxidation sites excluding steroid dienone is 4.